The molecule has 1 aromatic rings. The van der Waals surface area contributed by atoms with E-state index in [1.807, 2.05) is 9.80 Å². The highest BCUT2D eigenvalue weighted by atomic mass is 16.2. The Morgan fingerprint density at radius 3 is 2.56 bits per heavy atom. The molecule has 2 saturated heterocycles. The number of fused-ring (bicyclic) bond motifs is 3. The van der Waals surface area contributed by atoms with Gasteiger partial charge in [-0.25, -0.2) is 4.79 Å². The van der Waals surface area contributed by atoms with E-state index in [2.05, 4.69) is 70.5 Å². The molecule has 1 aromatic carbocycles. The van der Waals surface area contributed by atoms with Gasteiger partial charge in [-0.15, -0.1) is 0 Å². The fourth-order valence-corrected chi connectivity index (χ4v) is 5.69. The Labute approximate surface area is 215 Å². The molecule has 36 heavy (non-hydrogen) atoms. The number of nitrogens with one attached hydrogen (secondary N) is 2. The highest BCUT2D eigenvalue weighted by molar-refractivity contribution is 5.87. The minimum absolute atomic E-state index is 0.0419. The van der Waals surface area contributed by atoms with Crippen molar-refractivity contribution in [3.05, 3.63) is 34.9 Å². The first-order valence-electron chi connectivity index (χ1n) is 13.6. The molecule has 0 radical (unpaired) electrons. The Balaban J connectivity index is 1.59. The molecule has 8 heteroatoms. The van der Waals surface area contributed by atoms with E-state index in [0.29, 0.717) is 50.7 Å². The second-order valence-corrected chi connectivity index (χ2v) is 11.7. The molecular weight excluding hydrogens is 454 g/mol. The van der Waals surface area contributed by atoms with Gasteiger partial charge in [0.15, 0.2) is 6.29 Å². The number of nitrogens with zero attached hydrogens (tertiary/aromatic N) is 3. The Kier molecular flexibility index (Phi) is 7.93. The first-order valence-corrected chi connectivity index (χ1v) is 13.6. The zero-order chi connectivity index (χ0) is 26.1. The number of carbonyl (C=O) groups excluding carboxylic acids is 3. The summed E-state index contributed by atoms with van der Waals surface area (Å²) in [6, 6.07) is 5.88. The summed E-state index contributed by atoms with van der Waals surface area (Å²) in [6.07, 6.45) is 2.21. The maximum atomic E-state index is 13.8. The van der Waals surface area contributed by atoms with Crippen molar-refractivity contribution in [3.8, 4) is 0 Å². The average Bonchev–Trinajstić information content (AvgIpc) is 3.15. The normalized spacial score (nSPS) is 26.1. The van der Waals surface area contributed by atoms with E-state index < -0.39 is 6.29 Å². The van der Waals surface area contributed by atoms with Crippen LogP contribution in [0.3, 0.4) is 0 Å². The van der Waals surface area contributed by atoms with E-state index in [1.54, 1.807) is 5.01 Å². The Morgan fingerprint density at radius 2 is 1.86 bits per heavy atom. The van der Waals surface area contributed by atoms with Crippen molar-refractivity contribution in [3.63, 3.8) is 0 Å². The van der Waals surface area contributed by atoms with Crippen LogP contribution < -0.4 is 10.7 Å². The number of urea groups is 1. The van der Waals surface area contributed by atoms with Crippen LogP contribution in [0.1, 0.15) is 70.1 Å². The van der Waals surface area contributed by atoms with Crippen LogP contribution in [-0.2, 0) is 16.1 Å². The van der Waals surface area contributed by atoms with Crippen molar-refractivity contribution < 1.29 is 14.4 Å². The van der Waals surface area contributed by atoms with Gasteiger partial charge >= 0.3 is 6.03 Å². The summed E-state index contributed by atoms with van der Waals surface area (Å²) in [7, 11) is 0. The summed E-state index contributed by atoms with van der Waals surface area (Å²) in [5.41, 5.74) is 6.74. The van der Waals surface area contributed by atoms with Crippen molar-refractivity contribution in [2.24, 2.45) is 23.7 Å². The predicted molar refractivity (Wildman–Crippen MR) is 139 cm³/mol. The van der Waals surface area contributed by atoms with Crippen LogP contribution in [0.4, 0.5) is 4.79 Å². The molecule has 2 aliphatic heterocycles. The standard InChI is InChI=1S/C28H43N5O3/c1-17(2)11-12-31-26(35)23-10-9-21(25(34)29-15-18(3)4)14-24(23)33-27(31)30-32(28(33)36)16-22-13-19(5)7-8-20(22)6/h7-8,13,17-18,21,23-24,27,30H,9-12,14-16H2,1-6H3,(H,29,34). The van der Waals surface area contributed by atoms with Crippen LogP contribution in [0, 0.1) is 37.5 Å². The van der Waals surface area contributed by atoms with Crippen LogP contribution in [0.5, 0.6) is 0 Å². The summed E-state index contributed by atoms with van der Waals surface area (Å²) >= 11 is 0. The van der Waals surface area contributed by atoms with E-state index >= 15 is 0 Å². The zero-order valence-electron chi connectivity index (χ0n) is 22.7. The van der Waals surface area contributed by atoms with Gasteiger partial charge in [0.1, 0.15) is 0 Å². The van der Waals surface area contributed by atoms with E-state index in [4.69, 9.17) is 0 Å². The van der Waals surface area contributed by atoms with Gasteiger partial charge in [0, 0.05) is 25.0 Å². The second kappa shape index (κ2) is 10.8. The van der Waals surface area contributed by atoms with Gasteiger partial charge in [-0.3, -0.25) is 19.5 Å². The van der Waals surface area contributed by atoms with Crippen LogP contribution >= 0.6 is 0 Å². The molecule has 0 bridgehead atoms. The lowest BCUT2D eigenvalue weighted by Crippen LogP contribution is -2.67. The van der Waals surface area contributed by atoms with E-state index in [9.17, 15) is 14.4 Å². The molecule has 4 atom stereocenters. The maximum absolute atomic E-state index is 13.8. The smallest absolute Gasteiger partial charge is 0.337 e. The number of hydrazine groups is 1. The van der Waals surface area contributed by atoms with Crippen LogP contribution in [-0.4, -0.2) is 58.1 Å². The van der Waals surface area contributed by atoms with Gasteiger partial charge < -0.3 is 10.2 Å². The monoisotopic (exact) mass is 497 g/mol. The summed E-state index contributed by atoms with van der Waals surface area (Å²) in [6.45, 7) is 14.2. The highest BCUT2D eigenvalue weighted by Gasteiger charge is 2.55. The highest BCUT2D eigenvalue weighted by Crippen LogP contribution is 2.41. The lowest BCUT2D eigenvalue weighted by molar-refractivity contribution is -0.159. The first kappa shape index (κ1) is 26.5. The van der Waals surface area contributed by atoms with Gasteiger partial charge in [-0.2, -0.15) is 5.43 Å². The maximum Gasteiger partial charge on any atom is 0.337 e. The Morgan fingerprint density at radius 1 is 1.11 bits per heavy atom. The molecule has 3 aliphatic rings. The third-order valence-electron chi connectivity index (χ3n) is 7.89. The third-order valence-corrected chi connectivity index (χ3v) is 7.89. The largest absolute Gasteiger partial charge is 0.356 e. The van der Waals surface area contributed by atoms with Crippen molar-refractivity contribution in [1.82, 2.24) is 25.6 Å². The molecule has 0 spiro atoms. The molecule has 4 amide bonds. The van der Waals surface area contributed by atoms with Gasteiger partial charge in [0.25, 0.3) is 0 Å². The van der Waals surface area contributed by atoms with Crippen LogP contribution in [0.2, 0.25) is 0 Å². The topological polar surface area (TPSA) is 85.0 Å². The fraction of sp³-hybridized carbons (Fsp3) is 0.679. The summed E-state index contributed by atoms with van der Waals surface area (Å²) in [5.74, 6) is 0.545. The van der Waals surface area contributed by atoms with E-state index in [-0.39, 0.29) is 35.7 Å². The van der Waals surface area contributed by atoms with Crippen LogP contribution in [0.15, 0.2) is 18.2 Å². The average molecular weight is 498 g/mol. The predicted octanol–water partition coefficient (Wildman–Crippen LogP) is 3.77. The molecule has 2 heterocycles. The Bertz CT molecular complexity index is 993. The van der Waals surface area contributed by atoms with Gasteiger partial charge in [0.2, 0.25) is 11.8 Å². The number of rotatable bonds is 8. The molecule has 198 valence electrons. The number of hydrogen-bond acceptors (Lipinski definition) is 4. The second-order valence-electron chi connectivity index (χ2n) is 11.7. The number of amides is 4. The van der Waals surface area contributed by atoms with Crippen molar-refractivity contribution in [1.29, 1.82) is 0 Å². The zero-order valence-corrected chi connectivity index (χ0v) is 22.7. The van der Waals surface area contributed by atoms with Crippen molar-refractivity contribution in [2.75, 3.05) is 13.1 Å². The molecule has 1 saturated carbocycles. The molecule has 3 fully saturated rings. The lowest BCUT2D eigenvalue weighted by Gasteiger charge is -2.50. The quantitative estimate of drug-likeness (QED) is 0.573. The molecule has 0 aromatic heterocycles. The number of benzene rings is 1. The molecule has 4 unspecified atom stereocenters. The van der Waals surface area contributed by atoms with E-state index in [1.165, 1.54) is 0 Å². The lowest BCUT2D eigenvalue weighted by atomic mass is 9.75. The minimum Gasteiger partial charge on any atom is -0.356 e. The molecule has 1 aliphatic carbocycles. The third kappa shape index (κ3) is 5.38. The first-order chi connectivity index (χ1) is 17.1. The number of aryl methyl sites for hydroxylation is 2. The summed E-state index contributed by atoms with van der Waals surface area (Å²) in [4.78, 5) is 44.2. The minimum atomic E-state index is -0.507. The molecule has 8 nitrogen and oxygen atoms in total. The molecular formula is C28H43N5O3. The number of hydrogen-bond donors (Lipinski definition) is 2. The van der Waals surface area contributed by atoms with Gasteiger partial charge in [-0.1, -0.05) is 51.5 Å². The molecule has 2 N–H and O–H groups in total. The fourth-order valence-electron chi connectivity index (χ4n) is 5.69. The van der Waals surface area contributed by atoms with Crippen molar-refractivity contribution >= 4 is 17.8 Å². The summed E-state index contributed by atoms with van der Waals surface area (Å²) < 4.78 is 0. The van der Waals surface area contributed by atoms with E-state index in [0.717, 1.165) is 23.1 Å². The summed E-state index contributed by atoms with van der Waals surface area (Å²) in [5, 5.41) is 4.72. The number of carbonyl (C=O) groups is 3. The van der Waals surface area contributed by atoms with Crippen LogP contribution in [0.25, 0.3) is 0 Å². The SMILES string of the molecule is Cc1ccc(C)c(CN2NC3N(CCC(C)C)C(=O)C4CCC(C(=O)NCC(C)C)CC4N3C2=O)c1. The van der Waals surface area contributed by atoms with Gasteiger partial charge in [-0.05, 0) is 62.5 Å². The van der Waals surface area contributed by atoms with Crippen molar-refractivity contribution in [2.45, 2.75) is 86.1 Å². The van der Waals surface area contributed by atoms with Gasteiger partial charge in [0.05, 0.1) is 12.5 Å². The molecule has 4 rings (SSSR count). The Hall–Kier alpha value is -2.61.